The number of hydrogen-bond donors (Lipinski definition) is 2. The molecule has 2 N–H and O–H groups in total. The lowest BCUT2D eigenvalue weighted by atomic mass is 10.1. The van der Waals surface area contributed by atoms with Crippen LogP contribution in [0.2, 0.25) is 0 Å². The van der Waals surface area contributed by atoms with Crippen molar-refractivity contribution in [2.45, 2.75) is 20.3 Å². The van der Waals surface area contributed by atoms with E-state index in [1.807, 2.05) is 31.2 Å². The first kappa shape index (κ1) is 16.3. The highest BCUT2D eigenvalue weighted by atomic mass is 32.1. The molecule has 0 spiro atoms. The van der Waals surface area contributed by atoms with Crippen LogP contribution in [0.3, 0.4) is 0 Å². The molecular formula is C16H20N2O3S. The van der Waals surface area contributed by atoms with Gasteiger partial charge in [0.05, 0.1) is 18.9 Å². The fraction of sp³-hybridized carbons (Fsp3) is 0.375. The van der Waals surface area contributed by atoms with E-state index >= 15 is 0 Å². The Bertz CT molecular complexity index is 599. The van der Waals surface area contributed by atoms with Crippen molar-refractivity contribution in [1.29, 1.82) is 0 Å². The average molecular weight is 320 g/mol. The zero-order valence-corrected chi connectivity index (χ0v) is 13.6. The smallest absolute Gasteiger partial charge is 0.334 e. The number of benzene rings is 1. The Hall–Kier alpha value is -2.08. The molecule has 22 heavy (non-hydrogen) atoms. The minimum absolute atomic E-state index is 0.291. The molecule has 0 fully saturated rings. The maximum atomic E-state index is 11.9. The number of ether oxygens (including phenoxy) is 2. The van der Waals surface area contributed by atoms with E-state index in [1.54, 1.807) is 6.92 Å². The number of hydrogen-bond acceptors (Lipinski definition) is 4. The van der Waals surface area contributed by atoms with Crippen LogP contribution in [0, 0.1) is 0 Å². The molecular weight excluding hydrogens is 300 g/mol. The molecule has 1 heterocycles. The topological polar surface area (TPSA) is 59.6 Å². The number of rotatable bonds is 4. The lowest BCUT2D eigenvalue weighted by Crippen LogP contribution is -2.28. The summed E-state index contributed by atoms with van der Waals surface area (Å²) in [5.74, 6) is 0.405. The first-order chi connectivity index (χ1) is 10.7. The van der Waals surface area contributed by atoms with Crippen LogP contribution < -0.4 is 15.4 Å². The summed E-state index contributed by atoms with van der Waals surface area (Å²) in [4.78, 5) is 11.9. The fourth-order valence-corrected chi connectivity index (χ4v) is 2.42. The van der Waals surface area contributed by atoms with Crippen LogP contribution in [0.4, 0.5) is 5.69 Å². The molecule has 0 saturated heterocycles. The summed E-state index contributed by atoms with van der Waals surface area (Å²) in [5.41, 5.74) is 2.24. The summed E-state index contributed by atoms with van der Waals surface area (Å²) >= 11 is 5.21. The van der Waals surface area contributed by atoms with Gasteiger partial charge in [0, 0.05) is 24.1 Å². The van der Waals surface area contributed by atoms with Gasteiger partial charge in [-0.2, -0.15) is 0 Å². The van der Waals surface area contributed by atoms with Crippen molar-refractivity contribution >= 4 is 35.1 Å². The first-order valence-electron chi connectivity index (χ1n) is 7.34. The predicted molar refractivity (Wildman–Crippen MR) is 91.1 cm³/mol. The van der Waals surface area contributed by atoms with Gasteiger partial charge in [-0.25, -0.2) is 4.79 Å². The van der Waals surface area contributed by atoms with Gasteiger partial charge < -0.3 is 20.1 Å². The van der Waals surface area contributed by atoms with Crippen molar-refractivity contribution in [1.82, 2.24) is 5.32 Å². The number of anilines is 1. The summed E-state index contributed by atoms with van der Waals surface area (Å²) in [6, 6.07) is 5.69. The minimum Gasteiger partial charge on any atom is -0.490 e. The lowest BCUT2D eigenvalue weighted by Gasteiger charge is -2.15. The molecule has 0 aromatic heterocycles. The van der Waals surface area contributed by atoms with Gasteiger partial charge in [-0.05, 0) is 38.2 Å². The van der Waals surface area contributed by atoms with Crippen LogP contribution in [0.5, 0.6) is 5.75 Å². The van der Waals surface area contributed by atoms with E-state index in [4.69, 9.17) is 21.7 Å². The third-order valence-corrected chi connectivity index (χ3v) is 3.36. The largest absolute Gasteiger partial charge is 0.490 e. The quantitative estimate of drug-likeness (QED) is 0.657. The van der Waals surface area contributed by atoms with E-state index in [0.717, 1.165) is 17.8 Å². The molecule has 1 aliphatic heterocycles. The molecule has 0 saturated carbocycles. The van der Waals surface area contributed by atoms with Crippen molar-refractivity contribution in [3.05, 3.63) is 29.3 Å². The highest BCUT2D eigenvalue weighted by Gasteiger charge is 2.18. The molecule has 5 nitrogen and oxygen atoms in total. The van der Waals surface area contributed by atoms with E-state index in [9.17, 15) is 4.79 Å². The van der Waals surface area contributed by atoms with Crippen LogP contribution in [-0.2, 0) is 9.53 Å². The molecule has 0 radical (unpaired) electrons. The van der Waals surface area contributed by atoms with Gasteiger partial charge in [0.2, 0.25) is 0 Å². The molecule has 6 heteroatoms. The van der Waals surface area contributed by atoms with E-state index in [2.05, 4.69) is 10.6 Å². The number of carbonyl (C=O) groups excluding carboxylic acids is 1. The average Bonchev–Trinajstić information content (AvgIpc) is 2.71. The lowest BCUT2D eigenvalue weighted by molar-refractivity contribution is -0.138. The molecule has 1 aromatic carbocycles. The standard InChI is InChI=1S/C16H20N2O3S/c1-3-17-16(22)18-13-7-5-6-11-10-12(15(19)20-4-2)8-9-21-14(11)13/h5-7,10H,3-4,8-9H2,1-2H3,(H2,17,18,22). The molecule has 0 atom stereocenters. The Morgan fingerprint density at radius 2 is 2.23 bits per heavy atom. The second-order valence-corrected chi connectivity index (χ2v) is 5.11. The molecule has 0 aliphatic carbocycles. The zero-order valence-electron chi connectivity index (χ0n) is 12.8. The van der Waals surface area contributed by atoms with Crippen molar-refractivity contribution in [2.24, 2.45) is 0 Å². The van der Waals surface area contributed by atoms with Crippen molar-refractivity contribution < 1.29 is 14.3 Å². The highest BCUT2D eigenvalue weighted by molar-refractivity contribution is 7.80. The van der Waals surface area contributed by atoms with Gasteiger partial charge in [0.15, 0.2) is 5.11 Å². The van der Waals surface area contributed by atoms with E-state index in [-0.39, 0.29) is 5.97 Å². The summed E-state index contributed by atoms with van der Waals surface area (Å²) < 4.78 is 10.9. The van der Waals surface area contributed by atoms with Gasteiger partial charge in [0.1, 0.15) is 5.75 Å². The van der Waals surface area contributed by atoms with E-state index in [1.165, 1.54) is 0 Å². The number of carbonyl (C=O) groups is 1. The Morgan fingerprint density at radius 1 is 1.41 bits per heavy atom. The van der Waals surface area contributed by atoms with Crippen LogP contribution in [-0.4, -0.2) is 30.8 Å². The molecule has 0 bridgehead atoms. The Kier molecular flexibility index (Phi) is 5.77. The fourth-order valence-electron chi connectivity index (χ4n) is 2.16. The Balaban J connectivity index is 2.28. The SMILES string of the molecule is CCNC(=S)Nc1cccc2c1OCCC(C(=O)OCC)=C2. The number of nitrogens with one attached hydrogen (secondary N) is 2. The van der Waals surface area contributed by atoms with Gasteiger partial charge in [-0.1, -0.05) is 12.1 Å². The molecule has 1 aliphatic rings. The number of esters is 1. The van der Waals surface area contributed by atoms with Gasteiger partial charge in [-0.15, -0.1) is 0 Å². The van der Waals surface area contributed by atoms with Crippen molar-refractivity contribution in [2.75, 3.05) is 25.1 Å². The third-order valence-electron chi connectivity index (χ3n) is 3.12. The second kappa shape index (κ2) is 7.79. The van der Waals surface area contributed by atoms with E-state index < -0.39 is 0 Å². The molecule has 2 rings (SSSR count). The minimum atomic E-state index is -0.291. The maximum absolute atomic E-state index is 11.9. The summed E-state index contributed by atoms with van der Waals surface area (Å²) in [6.07, 6.45) is 2.34. The van der Waals surface area contributed by atoms with Crippen molar-refractivity contribution in [3.63, 3.8) is 0 Å². The number of para-hydroxylation sites is 1. The monoisotopic (exact) mass is 320 g/mol. The van der Waals surface area contributed by atoms with Crippen LogP contribution >= 0.6 is 12.2 Å². The maximum Gasteiger partial charge on any atom is 0.334 e. The van der Waals surface area contributed by atoms with Crippen LogP contribution in [0.1, 0.15) is 25.8 Å². The first-order valence-corrected chi connectivity index (χ1v) is 7.74. The number of thiocarbonyl (C=S) groups is 1. The normalized spacial score (nSPS) is 13.1. The summed E-state index contributed by atoms with van der Waals surface area (Å²) in [6.45, 7) is 5.30. The third kappa shape index (κ3) is 3.98. The highest BCUT2D eigenvalue weighted by Crippen LogP contribution is 2.33. The van der Waals surface area contributed by atoms with Crippen molar-refractivity contribution in [3.8, 4) is 5.75 Å². The zero-order chi connectivity index (χ0) is 15.9. The van der Waals surface area contributed by atoms with Crippen LogP contribution in [0.25, 0.3) is 6.08 Å². The predicted octanol–water partition coefficient (Wildman–Crippen LogP) is 2.72. The van der Waals surface area contributed by atoms with E-state index in [0.29, 0.717) is 36.1 Å². The summed E-state index contributed by atoms with van der Waals surface area (Å²) in [7, 11) is 0. The molecule has 0 amide bonds. The van der Waals surface area contributed by atoms with Gasteiger partial charge >= 0.3 is 5.97 Å². The van der Waals surface area contributed by atoms with Gasteiger partial charge in [0.25, 0.3) is 0 Å². The Morgan fingerprint density at radius 3 is 2.95 bits per heavy atom. The number of fused-ring (bicyclic) bond motifs is 1. The van der Waals surface area contributed by atoms with Gasteiger partial charge in [-0.3, -0.25) is 0 Å². The Labute approximate surface area is 135 Å². The van der Waals surface area contributed by atoms with Crippen LogP contribution in [0.15, 0.2) is 23.8 Å². The molecule has 0 unspecified atom stereocenters. The molecule has 1 aromatic rings. The molecule has 118 valence electrons. The summed E-state index contributed by atoms with van der Waals surface area (Å²) in [5, 5.41) is 6.69. The second-order valence-electron chi connectivity index (χ2n) is 4.70.